The Hall–Kier alpha value is -3.41. The second-order valence-corrected chi connectivity index (χ2v) is 7.88. The fourth-order valence-corrected chi connectivity index (χ4v) is 4.18. The molecule has 5 nitrogen and oxygen atoms in total. The number of carbonyl (C=O) groups is 1. The minimum Gasteiger partial charge on any atom is -0.496 e. The van der Waals surface area contributed by atoms with Crippen LogP contribution in [0.5, 0.6) is 11.6 Å². The van der Waals surface area contributed by atoms with Gasteiger partial charge in [0, 0.05) is 28.5 Å². The van der Waals surface area contributed by atoms with Crippen LogP contribution in [0.3, 0.4) is 0 Å². The zero-order chi connectivity index (χ0) is 23.5. The molecule has 0 saturated carbocycles. The molecule has 1 radical (unpaired) electrons. The highest BCUT2D eigenvalue weighted by atomic mass is 35.5. The molecule has 0 aliphatic heterocycles. The van der Waals surface area contributed by atoms with Crippen molar-refractivity contribution in [2.45, 2.75) is 0 Å². The van der Waals surface area contributed by atoms with Gasteiger partial charge in [0.1, 0.15) is 5.75 Å². The Morgan fingerprint density at radius 3 is 2.39 bits per heavy atom. The van der Waals surface area contributed by atoms with Crippen molar-refractivity contribution in [2.24, 2.45) is 0 Å². The predicted octanol–water partition coefficient (Wildman–Crippen LogP) is 6.80. The van der Waals surface area contributed by atoms with Gasteiger partial charge in [0.05, 0.1) is 41.2 Å². The van der Waals surface area contributed by atoms with Crippen molar-refractivity contribution in [1.29, 1.82) is 0 Å². The number of benzene rings is 2. The lowest BCUT2D eigenvalue weighted by atomic mass is 9.99. The SMILES string of the molecule is [CH2]c1ccc(-c2nccc(-c3cccc(-c4ccc(C=O)c(OC)n4)c3Cl)c2Cl)cc1OC. The number of methoxy groups -OCH3 is 2. The molecule has 0 aliphatic carbocycles. The van der Waals surface area contributed by atoms with Crippen LogP contribution < -0.4 is 9.47 Å². The van der Waals surface area contributed by atoms with Crippen LogP contribution in [0, 0.1) is 6.92 Å². The second kappa shape index (κ2) is 9.61. The highest BCUT2D eigenvalue weighted by Crippen LogP contribution is 2.42. The third-order valence-electron chi connectivity index (χ3n) is 5.22. The lowest BCUT2D eigenvalue weighted by molar-refractivity contribution is 0.112. The van der Waals surface area contributed by atoms with Crippen LogP contribution in [0.1, 0.15) is 15.9 Å². The largest absolute Gasteiger partial charge is 0.496 e. The van der Waals surface area contributed by atoms with Crippen molar-refractivity contribution in [2.75, 3.05) is 14.2 Å². The first-order valence-corrected chi connectivity index (χ1v) is 10.7. The summed E-state index contributed by atoms with van der Waals surface area (Å²) in [4.78, 5) is 20.1. The predicted molar refractivity (Wildman–Crippen MR) is 131 cm³/mol. The van der Waals surface area contributed by atoms with Gasteiger partial charge in [0.2, 0.25) is 5.88 Å². The van der Waals surface area contributed by atoms with E-state index in [2.05, 4.69) is 16.9 Å². The van der Waals surface area contributed by atoms with Crippen molar-refractivity contribution in [3.8, 4) is 45.3 Å². The molecule has 0 fully saturated rings. The van der Waals surface area contributed by atoms with Crippen LogP contribution in [0.2, 0.25) is 10.0 Å². The number of nitrogens with zero attached hydrogens (tertiary/aromatic N) is 2. The summed E-state index contributed by atoms with van der Waals surface area (Å²) in [6.07, 6.45) is 2.38. The van der Waals surface area contributed by atoms with Crippen molar-refractivity contribution in [3.63, 3.8) is 0 Å². The topological polar surface area (TPSA) is 61.3 Å². The lowest BCUT2D eigenvalue weighted by Gasteiger charge is -2.14. The maximum absolute atomic E-state index is 11.2. The Morgan fingerprint density at radius 2 is 1.67 bits per heavy atom. The maximum atomic E-state index is 11.2. The fourth-order valence-electron chi connectivity index (χ4n) is 3.54. The number of aldehydes is 1. The second-order valence-electron chi connectivity index (χ2n) is 7.13. The molecule has 0 unspecified atom stereocenters. The lowest BCUT2D eigenvalue weighted by Crippen LogP contribution is -1.96. The van der Waals surface area contributed by atoms with Gasteiger partial charge in [-0.3, -0.25) is 9.78 Å². The van der Waals surface area contributed by atoms with Crippen LogP contribution in [0.25, 0.3) is 33.6 Å². The average molecular weight is 478 g/mol. The summed E-state index contributed by atoms with van der Waals surface area (Å²) in [7, 11) is 3.06. The van der Waals surface area contributed by atoms with Crippen LogP contribution >= 0.6 is 23.2 Å². The van der Waals surface area contributed by atoms with Crippen molar-refractivity contribution < 1.29 is 14.3 Å². The molecule has 0 bridgehead atoms. The number of hydrogen-bond acceptors (Lipinski definition) is 5. The highest BCUT2D eigenvalue weighted by Gasteiger charge is 2.18. The van der Waals surface area contributed by atoms with Gasteiger partial charge in [0.25, 0.3) is 0 Å². The summed E-state index contributed by atoms with van der Waals surface area (Å²) < 4.78 is 10.6. The van der Waals surface area contributed by atoms with E-state index in [-0.39, 0.29) is 5.88 Å². The van der Waals surface area contributed by atoms with Crippen LogP contribution in [0.15, 0.2) is 60.8 Å². The molecular weight excluding hydrogens is 459 g/mol. The molecule has 2 heterocycles. The van der Waals surface area contributed by atoms with E-state index in [1.165, 1.54) is 7.11 Å². The normalized spacial score (nSPS) is 10.7. The number of pyridine rings is 2. The molecule has 0 N–H and O–H groups in total. The average Bonchev–Trinajstić information content (AvgIpc) is 2.84. The Morgan fingerprint density at radius 1 is 0.909 bits per heavy atom. The molecule has 0 atom stereocenters. The van der Waals surface area contributed by atoms with Gasteiger partial charge >= 0.3 is 0 Å². The number of rotatable bonds is 6. The van der Waals surface area contributed by atoms with Gasteiger partial charge in [-0.15, -0.1) is 0 Å². The van der Waals surface area contributed by atoms with E-state index in [9.17, 15) is 4.79 Å². The molecule has 0 aliphatic rings. The van der Waals surface area contributed by atoms with E-state index in [1.807, 2.05) is 42.5 Å². The Bertz CT molecular complexity index is 1360. The molecule has 33 heavy (non-hydrogen) atoms. The molecular formula is C26H19Cl2N2O3. The van der Waals surface area contributed by atoms with E-state index in [1.54, 1.807) is 25.4 Å². The number of halogens is 2. The van der Waals surface area contributed by atoms with E-state index < -0.39 is 0 Å². The molecule has 4 rings (SSSR count). The van der Waals surface area contributed by atoms with Crippen LogP contribution in [-0.2, 0) is 0 Å². The number of hydrogen-bond donors (Lipinski definition) is 0. The first-order valence-electron chi connectivity index (χ1n) is 9.92. The van der Waals surface area contributed by atoms with Gasteiger partial charge in [0.15, 0.2) is 6.29 Å². The molecule has 4 aromatic rings. The van der Waals surface area contributed by atoms with Gasteiger partial charge in [-0.25, -0.2) is 4.98 Å². The molecule has 0 saturated heterocycles. The Kier molecular flexibility index (Phi) is 6.63. The van der Waals surface area contributed by atoms with Crippen molar-refractivity contribution in [3.05, 3.63) is 88.9 Å². The molecule has 2 aromatic heterocycles. The first kappa shape index (κ1) is 22.8. The molecule has 0 spiro atoms. The van der Waals surface area contributed by atoms with Gasteiger partial charge < -0.3 is 9.47 Å². The third kappa shape index (κ3) is 4.30. The molecule has 7 heteroatoms. The summed E-state index contributed by atoms with van der Waals surface area (Å²) in [5.74, 6) is 0.880. The van der Waals surface area contributed by atoms with E-state index >= 15 is 0 Å². The molecule has 2 aromatic carbocycles. The number of carbonyl (C=O) groups excluding carboxylic acids is 1. The smallest absolute Gasteiger partial charge is 0.224 e. The maximum Gasteiger partial charge on any atom is 0.224 e. The van der Waals surface area contributed by atoms with E-state index in [0.717, 1.165) is 22.3 Å². The summed E-state index contributed by atoms with van der Waals surface area (Å²) in [6, 6.07) is 16.4. The van der Waals surface area contributed by atoms with E-state index in [0.29, 0.717) is 44.6 Å². The van der Waals surface area contributed by atoms with Gasteiger partial charge in [-0.05, 0) is 36.8 Å². The minimum atomic E-state index is 0.232. The zero-order valence-electron chi connectivity index (χ0n) is 17.9. The van der Waals surface area contributed by atoms with Crippen LogP contribution in [-0.4, -0.2) is 30.5 Å². The highest BCUT2D eigenvalue weighted by molar-refractivity contribution is 6.39. The first-order chi connectivity index (χ1) is 16.0. The molecule has 0 amide bonds. The van der Waals surface area contributed by atoms with Crippen LogP contribution in [0.4, 0.5) is 0 Å². The van der Waals surface area contributed by atoms with E-state index in [4.69, 9.17) is 32.7 Å². The number of aromatic nitrogens is 2. The van der Waals surface area contributed by atoms with Crippen molar-refractivity contribution in [1.82, 2.24) is 9.97 Å². The monoisotopic (exact) mass is 477 g/mol. The van der Waals surface area contributed by atoms with Gasteiger partial charge in [-0.1, -0.05) is 53.5 Å². The zero-order valence-corrected chi connectivity index (χ0v) is 19.4. The van der Waals surface area contributed by atoms with Crippen molar-refractivity contribution >= 4 is 29.5 Å². The Labute approximate surface area is 201 Å². The van der Waals surface area contributed by atoms with Gasteiger partial charge in [-0.2, -0.15) is 0 Å². The standard InChI is InChI=1S/C26H19Cl2N2O3/c1-15-7-8-16(13-22(15)32-2)25-24(28)19(11-12-29-25)18-5-4-6-20(23(18)27)21-10-9-17(14-31)26(30-21)33-3/h4-14H,1H2,2-3H3. The third-order valence-corrected chi connectivity index (χ3v) is 6.01. The quantitative estimate of drug-likeness (QED) is 0.286. The summed E-state index contributed by atoms with van der Waals surface area (Å²) in [5, 5.41) is 0.924. The summed E-state index contributed by atoms with van der Waals surface area (Å²) in [6.45, 7) is 3.96. The minimum absolute atomic E-state index is 0.232. The Balaban J connectivity index is 1.83. The summed E-state index contributed by atoms with van der Waals surface area (Å²) in [5.41, 5.74) is 5.24. The molecule has 165 valence electrons. The summed E-state index contributed by atoms with van der Waals surface area (Å²) >= 11 is 13.6. The number of ether oxygens (including phenoxy) is 2. The fraction of sp³-hybridized carbons (Fsp3) is 0.0769.